The van der Waals surface area contributed by atoms with E-state index in [9.17, 15) is 25.3 Å². The van der Waals surface area contributed by atoms with Gasteiger partial charge in [0.05, 0.1) is 12.2 Å². The summed E-state index contributed by atoms with van der Waals surface area (Å²) in [6.07, 6.45) is 11.5. The Morgan fingerprint density at radius 1 is 0.674 bits per heavy atom. The molecular formula is C38H58NO7+. The lowest BCUT2D eigenvalue weighted by atomic mass is 9.77. The second kappa shape index (κ2) is 16.3. The van der Waals surface area contributed by atoms with E-state index in [1.807, 2.05) is 24.3 Å². The zero-order valence-corrected chi connectivity index (χ0v) is 28.5. The van der Waals surface area contributed by atoms with Crippen molar-refractivity contribution in [1.82, 2.24) is 0 Å². The molecule has 0 aliphatic heterocycles. The lowest BCUT2D eigenvalue weighted by Crippen LogP contribution is -2.20. The van der Waals surface area contributed by atoms with Crippen molar-refractivity contribution in [3.05, 3.63) is 63.6 Å². The maximum Gasteiger partial charge on any atom is 0.477 e. The normalized spacial score (nSPS) is 22.4. The van der Waals surface area contributed by atoms with Crippen LogP contribution in [0.15, 0.2) is 36.4 Å². The highest BCUT2D eigenvalue weighted by Gasteiger charge is 2.28. The van der Waals surface area contributed by atoms with Gasteiger partial charge in [0, 0.05) is 0 Å². The van der Waals surface area contributed by atoms with Gasteiger partial charge in [-0.15, -0.1) is 0 Å². The van der Waals surface area contributed by atoms with Gasteiger partial charge in [-0.25, -0.2) is 0 Å². The average molecular weight is 641 g/mol. The standard InChI is InChI=1S/C38H57NO7/c1-37(2,29-15-17-33(35(42)25-29)27-11-9-13-31(40)23-27)19-5-7-21-45-39(44)46-22-8-6-20-38(3,4)30-16-18-34(36(43)26-30)28-12-10-14-32(41)24-28/h15-18,25-28,31-32,40-41H,5-14,19-24H2,1-4H3,(H-,42,43)/p+1/t27-,28-,31-,32-/m0/s1. The van der Waals surface area contributed by atoms with Crippen LogP contribution in [0.5, 0.6) is 11.5 Å². The van der Waals surface area contributed by atoms with E-state index in [1.165, 1.54) is 0 Å². The first-order valence-electron chi connectivity index (χ1n) is 17.6. The Kier molecular flexibility index (Phi) is 12.8. The molecule has 256 valence electrons. The van der Waals surface area contributed by atoms with Gasteiger partial charge in [0.25, 0.3) is 0 Å². The minimum atomic E-state index is -0.278. The third kappa shape index (κ3) is 10.1. The average Bonchev–Trinajstić information content (AvgIpc) is 3.00. The number of rotatable bonds is 16. The van der Waals surface area contributed by atoms with Gasteiger partial charge in [-0.1, -0.05) is 64.8 Å². The fourth-order valence-corrected chi connectivity index (χ4v) is 7.45. The molecule has 4 N–H and O–H groups in total. The first kappa shape index (κ1) is 36.0. The molecular weight excluding hydrogens is 582 g/mol. The van der Waals surface area contributed by atoms with Gasteiger partial charge in [0.1, 0.15) is 16.4 Å². The summed E-state index contributed by atoms with van der Waals surface area (Å²) >= 11 is 0. The van der Waals surface area contributed by atoms with E-state index >= 15 is 0 Å². The summed E-state index contributed by atoms with van der Waals surface area (Å²) in [7, 11) is 0. The molecule has 2 fully saturated rings. The number of aromatic hydroxyl groups is 2. The SMILES string of the molecule is CC(C)(CCCCO[N+](=O)OCCCCC(C)(C)c1ccc([C@H]2CCC[C@H](O)C2)c(O)c1)c1ccc([C@H]2CCC[C@H](O)C2)c(O)c1. The zero-order valence-electron chi connectivity index (χ0n) is 28.5. The van der Waals surface area contributed by atoms with Gasteiger partial charge in [-0.05, 0) is 134 Å². The smallest absolute Gasteiger partial charge is 0.477 e. The van der Waals surface area contributed by atoms with Crippen LogP contribution in [0, 0.1) is 4.91 Å². The molecule has 2 saturated carbocycles. The van der Waals surface area contributed by atoms with Gasteiger partial charge in [0.2, 0.25) is 0 Å². The molecule has 0 bridgehead atoms. The molecule has 0 heterocycles. The predicted molar refractivity (Wildman–Crippen MR) is 180 cm³/mol. The molecule has 0 spiro atoms. The van der Waals surface area contributed by atoms with E-state index in [1.54, 1.807) is 0 Å². The highest BCUT2D eigenvalue weighted by Crippen LogP contribution is 2.41. The molecule has 2 aliphatic rings. The summed E-state index contributed by atoms with van der Waals surface area (Å²) in [6.45, 7) is 9.22. The molecule has 8 nitrogen and oxygen atoms in total. The van der Waals surface area contributed by atoms with Crippen LogP contribution in [-0.2, 0) is 20.5 Å². The maximum absolute atomic E-state index is 12.0. The number of hydrogen-bond acceptors (Lipinski definition) is 7. The number of phenols is 2. The number of hydrogen-bond donors (Lipinski definition) is 4. The largest absolute Gasteiger partial charge is 0.508 e. The summed E-state index contributed by atoms with van der Waals surface area (Å²) in [5, 5.41) is 41.8. The molecule has 4 atom stereocenters. The Bertz CT molecular complexity index is 1180. The molecule has 0 amide bonds. The van der Waals surface area contributed by atoms with E-state index in [-0.39, 0.29) is 53.2 Å². The Balaban J connectivity index is 1.10. The van der Waals surface area contributed by atoms with Gasteiger partial charge in [0.15, 0.2) is 13.2 Å². The number of nitrogens with zero attached hydrogens (tertiary/aromatic N) is 1. The maximum atomic E-state index is 12.0. The molecule has 2 aromatic rings. The van der Waals surface area contributed by atoms with Crippen molar-refractivity contribution in [2.24, 2.45) is 0 Å². The van der Waals surface area contributed by atoms with Crippen molar-refractivity contribution < 1.29 is 35.2 Å². The number of aliphatic hydroxyl groups excluding tert-OH is 2. The predicted octanol–water partition coefficient (Wildman–Crippen LogP) is 8.37. The summed E-state index contributed by atoms with van der Waals surface area (Å²) in [5.74, 6) is 1.06. The van der Waals surface area contributed by atoms with Crippen molar-refractivity contribution in [1.29, 1.82) is 0 Å². The quantitative estimate of drug-likeness (QED) is 0.107. The second-order valence-electron chi connectivity index (χ2n) is 15.2. The summed E-state index contributed by atoms with van der Waals surface area (Å²) < 4.78 is 0. The molecule has 8 heteroatoms. The fraction of sp³-hybridized carbons (Fsp3) is 0.684. The van der Waals surface area contributed by atoms with Gasteiger partial charge in [-0.2, -0.15) is 9.68 Å². The number of unbranched alkanes of at least 4 members (excludes halogenated alkanes) is 2. The minimum absolute atomic E-state index is 0.136. The van der Waals surface area contributed by atoms with Crippen molar-refractivity contribution >= 4 is 0 Å². The van der Waals surface area contributed by atoms with Crippen LogP contribution < -0.4 is 0 Å². The lowest BCUT2D eigenvalue weighted by molar-refractivity contribution is -0.981. The van der Waals surface area contributed by atoms with Crippen molar-refractivity contribution in [2.75, 3.05) is 13.2 Å². The Labute approximate surface area is 275 Å². The van der Waals surface area contributed by atoms with E-state index in [4.69, 9.17) is 9.68 Å². The fourth-order valence-electron chi connectivity index (χ4n) is 7.45. The van der Waals surface area contributed by atoms with Gasteiger partial charge in [-0.3, -0.25) is 0 Å². The third-order valence-electron chi connectivity index (χ3n) is 10.6. The molecule has 0 unspecified atom stereocenters. The second-order valence-corrected chi connectivity index (χ2v) is 15.2. The van der Waals surface area contributed by atoms with Gasteiger partial charge >= 0.3 is 5.09 Å². The van der Waals surface area contributed by atoms with Crippen LogP contribution >= 0.6 is 0 Å². The first-order valence-corrected chi connectivity index (χ1v) is 17.6. The van der Waals surface area contributed by atoms with Crippen LogP contribution in [0.4, 0.5) is 0 Å². The van der Waals surface area contributed by atoms with Crippen molar-refractivity contribution in [3.8, 4) is 11.5 Å². The third-order valence-corrected chi connectivity index (χ3v) is 10.6. The molecule has 0 aromatic heterocycles. The van der Waals surface area contributed by atoms with Crippen LogP contribution in [-0.4, -0.2) is 50.9 Å². The summed E-state index contributed by atoms with van der Waals surface area (Å²) in [4.78, 5) is 22.5. The van der Waals surface area contributed by atoms with Crippen LogP contribution in [0.2, 0.25) is 0 Å². The number of benzene rings is 2. The van der Waals surface area contributed by atoms with Gasteiger partial charge < -0.3 is 20.4 Å². The molecule has 4 rings (SSSR count). The monoisotopic (exact) mass is 640 g/mol. The lowest BCUT2D eigenvalue weighted by Gasteiger charge is -2.29. The molecule has 0 radical (unpaired) electrons. The van der Waals surface area contributed by atoms with E-state index in [0.717, 1.165) is 99.3 Å². The Morgan fingerprint density at radius 2 is 1.09 bits per heavy atom. The molecule has 0 saturated heterocycles. The van der Waals surface area contributed by atoms with E-state index < -0.39 is 0 Å². The summed E-state index contributed by atoms with van der Waals surface area (Å²) in [6, 6.07) is 12.0. The molecule has 2 aromatic carbocycles. The molecule has 46 heavy (non-hydrogen) atoms. The molecule has 2 aliphatic carbocycles. The van der Waals surface area contributed by atoms with Crippen LogP contribution in [0.3, 0.4) is 0 Å². The highest BCUT2D eigenvalue weighted by atomic mass is 17.0. The van der Waals surface area contributed by atoms with Crippen LogP contribution in [0.1, 0.15) is 152 Å². The minimum Gasteiger partial charge on any atom is -0.508 e. The van der Waals surface area contributed by atoms with E-state index in [2.05, 4.69) is 39.8 Å². The number of phenolic OH excluding ortho intramolecular Hbond substituents is 2. The van der Waals surface area contributed by atoms with Crippen molar-refractivity contribution in [2.45, 2.75) is 152 Å². The van der Waals surface area contributed by atoms with Crippen LogP contribution in [0.25, 0.3) is 0 Å². The Hall–Kier alpha value is -2.84. The number of aliphatic hydroxyl groups is 2. The van der Waals surface area contributed by atoms with E-state index in [0.29, 0.717) is 24.3 Å². The summed E-state index contributed by atoms with van der Waals surface area (Å²) in [5.41, 5.74) is 3.77. The first-order chi connectivity index (χ1) is 21.9. The van der Waals surface area contributed by atoms with Crippen molar-refractivity contribution in [3.63, 3.8) is 0 Å². The topological polar surface area (TPSA) is 119 Å². The Morgan fingerprint density at radius 3 is 1.46 bits per heavy atom. The highest BCUT2D eigenvalue weighted by molar-refractivity contribution is 5.42. The zero-order chi connectivity index (χ0) is 33.3.